The Balaban J connectivity index is 1.96. The average molecular weight is 298 g/mol. The number of methoxy groups -OCH3 is 1. The first-order chi connectivity index (χ1) is 8.10. The fourth-order valence-corrected chi connectivity index (χ4v) is 2.58. The normalized spacial score (nSPS) is 22.9. The number of hydrogen-bond donors (Lipinski definition) is 0. The molecule has 0 saturated heterocycles. The third kappa shape index (κ3) is 3.46. The van der Waals surface area contributed by atoms with Crippen LogP contribution in [-0.2, 0) is 6.54 Å². The molecule has 0 N–H and O–H groups in total. The third-order valence-electron chi connectivity index (χ3n) is 3.52. The van der Waals surface area contributed by atoms with Crippen LogP contribution >= 0.6 is 15.9 Å². The van der Waals surface area contributed by atoms with Crippen LogP contribution in [0.15, 0.2) is 22.7 Å². The Labute approximate surface area is 112 Å². The molecule has 2 nitrogen and oxygen atoms in total. The Morgan fingerprint density at radius 3 is 2.76 bits per heavy atom. The van der Waals surface area contributed by atoms with Crippen molar-refractivity contribution >= 4 is 15.9 Å². The van der Waals surface area contributed by atoms with Crippen molar-refractivity contribution in [3.8, 4) is 5.75 Å². The highest BCUT2D eigenvalue weighted by Gasteiger charge is 2.33. The number of hydrogen-bond acceptors (Lipinski definition) is 2. The number of benzene rings is 1. The molecule has 1 aliphatic carbocycles. The molecule has 94 valence electrons. The molecule has 0 bridgehead atoms. The van der Waals surface area contributed by atoms with Crippen LogP contribution in [0.5, 0.6) is 5.75 Å². The first-order valence-electron chi connectivity index (χ1n) is 6.11. The molecule has 0 heterocycles. The molecule has 0 aliphatic heterocycles. The number of halogens is 1. The fraction of sp³-hybridized carbons (Fsp3) is 0.571. The molecule has 1 fully saturated rings. The predicted octanol–water partition coefficient (Wildman–Crippen LogP) is 3.55. The van der Waals surface area contributed by atoms with Gasteiger partial charge in [-0.25, -0.2) is 0 Å². The summed E-state index contributed by atoms with van der Waals surface area (Å²) in [6, 6.07) is 6.15. The highest BCUT2D eigenvalue weighted by atomic mass is 79.9. The Hall–Kier alpha value is -0.540. The maximum Gasteiger partial charge on any atom is 0.119 e. The zero-order valence-electron chi connectivity index (χ0n) is 10.7. The molecule has 3 heteroatoms. The summed E-state index contributed by atoms with van der Waals surface area (Å²) in [5, 5.41) is 0. The lowest BCUT2D eigenvalue weighted by molar-refractivity contribution is 0.306. The maximum atomic E-state index is 5.26. The van der Waals surface area contributed by atoms with E-state index in [1.165, 1.54) is 18.5 Å². The van der Waals surface area contributed by atoms with Crippen molar-refractivity contribution in [3.05, 3.63) is 28.2 Å². The molecule has 1 aromatic carbocycles. The van der Waals surface area contributed by atoms with Gasteiger partial charge in [0.1, 0.15) is 5.75 Å². The minimum atomic E-state index is 0.907. The lowest BCUT2D eigenvalue weighted by atomic mass is 10.2. The molecule has 17 heavy (non-hydrogen) atoms. The highest BCUT2D eigenvalue weighted by Crippen LogP contribution is 2.38. The standard InChI is InChI=1S/C14H20BrNO/c1-10-6-11(10)8-16(2)9-12-7-13(17-3)4-5-14(12)15/h4-5,7,10-11H,6,8-9H2,1-3H3. The summed E-state index contributed by atoms with van der Waals surface area (Å²) in [5.41, 5.74) is 1.29. The van der Waals surface area contributed by atoms with Crippen LogP contribution in [0.3, 0.4) is 0 Å². The molecule has 1 aromatic rings. The van der Waals surface area contributed by atoms with Crippen molar-refractivity contribution in [2.75, 3.05) is 20.7 Å². The number of rotatable bonds is 5. The summed E-state index contributed by atoms with van der Waals surface area (Å²) in [7, 11) is 3.90. The Bertz CT molecular complexity index is 394. The van der Waals surface area contributed by atoms with Crippen molar-refractivity contribution in [3.63, 3.8) is 0 Å². The van der Waals surface area contributed by atoms with Crippen molar-refractivity contribution in [1.82, 2.24) is 4.90 Å². The second kappa shape index (κ2) is 5.40. The zero-order valence-corrected chi connectivity index (χ0v) is 12.3. The first kappa shape index (κ1) is 12.9. The van der Waals surface area contributed by atoms with Crippen LogP contribution < -0.4 is 4.74 Å². The van der Waals surface area contributed by atoms with E-state index in [0.29, 0.717) is 0 Å². The van der Waals surface area contributed by atoms with Crippen LogP contribution in [0.25, 0.3) is 0 Å². The topological polar surface area (TPSA) is 12.5 Å². The summed E-state index contributed by atoms with van der Waals surface area (Å²) in [5.74, 6) is 2.76. The molecule has 0 amide bonds. The summed E-state index contributed by atoms with van der Waals surface area (Å²) in [6.45, 7) is 4.51. The minimum absolute atomic E-state index is 0.907. The van der Waals surface area contributed by atoms with Gasteiger partial charge in [0, 0.05) is 17.6 Å². The maximum absolute atomic E-state index is 5.26. The van der Waals surface area contributed by atoms with Crippen molar-refractivity contribution in [1.29, 1.82) is 0 Å². The van der Waals surface area contributed by atoms with Crippen LogP contribution in [0.4, 0.5) is 0 Å². The lowest BCUT2D eigenvalue weighted by Gasteiger charge is -2.18. The van der Waals surface area contributed by atoms with E-state index in [1.807, 2.05) is 6.07 Å². The highest BCUT2D eigenvalue weighted by molar-refractivity contribution is 9.10. The molecular weight excluding hydrogens is 278 g/mol. The van der Waals surface area contributed by atoms with Crippen LogP contribution in [0, 0.1) is 11.8 Å². The monoisotopic (exact) mass is 297 g/mol. The van der Waals surface area contributed by atoms with Gasteiger partial charge >= 0.3 is 0 Å². The fourth-order valence-electron chi connectivity index (χ4n) is 2.21. The quantitative estimate of drug-likeness (QED) is 0.824. The van der Waals surface area contributed by atoms with Gasteiger partial charge in [0.15, 0.2) is 0 Å². The third-order valence-corrected chi connectivity index (χ3v) is 4.29. The van der Waals surface area contributed by atoms with Crippen molar-refractivity contribution < 1.29 is 4.74 Å². The van der Waals surface area contributed by atoms with Crippen LogP contribution in [0.2, 0.25) is 0 Å². The molecule has 1 saturated carbocycles. The van der Waals surface area contributed by atoms with Gasteiger partial charge in [-0.3, -0.25) is 0 Å². The van der Waals surface area contributed by atoms with E-state index in [9.17, 15) is 0 Å². The molecule has 2 unspecified atom stereocenters. The molecule has 0 spiro atoms. The molecule has 0 radical (unpaired) electrons. The largest absolute Gasteiger partial charge is 0.497 e. The summed E-state index contributed by atoms with van der Waals surface area (Å²) < 4.78 is 6.42. The number of nitrogens with zero attached hydrogens (tertiary/aromatic N) is 1. The first-order valence-corrected chi connectivity index (χ1v) is 6.90. The Morgan fingerprint density at radius 1 is 1.47 bits per heavy atom. The zero-order chi connectivity index (χ0) is 12.4. The van der Waals surface area contributed by atoms with E-state index in [4.69, 9.17) is 4.74 Å². The van der Waals surface area contributed by atoms with E-state index < -0.39 is 0 Å². The van der Waals surface area contributed by atoms with E-state index in [1.54, 1.807) is 7.11 Å². The van der Waals surface area contributed by atoms with E-state index in [2.05, 4.69) is 46.9 Å². The van der Waals surface area contributed by atoms with Gasteiger partial charge in [-0.1, -0.05) is 22.9 Å². The van der Waals surface area contributed by atoms with Gasteiger partial charge in [-0.2, -0.15) is 0 Å². The molecular formula is C14H20BrNO. The van der Waals surface area contributed by atoms with Gasteiger partial charge in [0.2, 0.25) is 0 Å². The van der Waals surface area contributed by atoms with Crippen LogP contribution in [-0.4, -0.2) is 25.6 Å². The van der Waals surface area contributed by atoms with E-state index >= 15 is 0 Å². The smallest absolute Gasteiger partial charge is 0.119 e. The van der Waals surface area contributed by atoms with Gasteiger partial charge in [0.25, 0.3) is 0 Å². The lowest BCUT2D eigenvalue weighted by Crippen LogP contribution is -2.21. The number of ether oxygens (including phenoxy) is 1. The van der Waals surface area contributed by atoms with Gasteiger partial charge in [-0.15, -0.1) is 0 Å². The molecule has 2 atom stereocenters. The molecule has 1 aliphatic rings. The van der Waals surface area contributed by atoms with Gasteiger partial charge in [-0.05, 0) is 49.1 Å². The Morgan fingerprint density at radius 2 is 2.18 bits per heavy atom. The average Bonchev–Trinajstić information content (AvgIpc) is 2.97. The summed E-state index contributed by atoms with van der Waals surface area (Å²) in [4.78, 5) is 2.40. The van der Waals surface area contributed by atoms with E-state index in [0.717, 1.165) is 28.6 Å². The predicted molar refractivity (Wildman–Crippen MR) is 74.3 cm³/mol. The SMILES string of the molecule is COc1ccc(Br)c(CN(C)CC2CC2C)c1. The summed E-state index contributed by atoms with van der Waals surface area (Å²) in [6.07, 6.45) is 1.39. The molecule has 0 aromatic heterocycles. The van der Waals surface area contributed by atoms with Crippen LogP contribution in [0.1, 0.15) is 18.9 Å². The second-order valence-corrected chi connectivity index (χ2v) is 5.98. The van der Waals surface area contributed by atoms with Crippen molar-refractivity contribution in [2.24, 2.45) is 11.8 Å². The molecule has 2 rings (SSSR count). The Kier molecular flexibility index (Phi) is 4.10. The second-order valence-electron chi connectivity index (χ2n) is 5.13. The van der Waals surface area contributed by atoms with Gasteiger partial charge in [0.05, 0.1) is 7.11 Å². The van der Waals surface area contributed by atoms with E-state index in [-0.39, 0.29) is 0 Å². The minimum Gasteiger partial charge on any atom is -0.497 e. The summed E-state index contributed by atoms with van der Waals surface area (Å²) >= 11 is 3.60. The van der Waals surface area contributed by atoms with Crippen molar-refractivity contribution in [2.45, 2.75) is 19.9 Å². The van der Waals surface area contributed by atoms with Gasteiger partial charge < -0.3 is 9.64 Å².